The first-order valence-electron chi connectivity index (χ1n) is 7.19. The first-order valence-corrected chi connectivity index (χ1v) is 7.19. The fourth-order valence-corrected chi connectivity index (χ4v) is 2.31. The highest BCUT2D eigenvalue weighted by atomic mass is 16.4. The predicted molar refractivity (Wildman–Crippen MR) is 86.8 cm³/mol. The van der Waals surface area contributed by atoms with Crippen LogP contribution in [0.15, 0.2) is 58.0 Å². The molecule has 0 atom stereocenters. The fourth-order valence-electron chi connectivity index (χ4n) is 2.31. The van der Waals surface area contributed by atoms with Gasteiger partial charge in [0.15, 0.2) is 5.76 Å². The van der Waals surface area contributed by atoms with E-state index in [2.05, 4.69) is 10.5 Å². The van der Waals surface area contributed by atoms with E-state index in [1.54, 1.807) is 18.2 Å². The van der Waals surface area contributed by atoms with Crippen LogP contribution in [0.4, 0.5) is 0 Å². The van der Waals surface area contributed by atoms with E-state index in [0.29, 0.717) is 11.1 Å². The van der Waals surface area contributed by atoms with Gasteiger partial charge in [0, 0.05) is 10.9 Å². The van der Waals surface area contributed by atoms with Gasteiger partial charge >= 0.3 is 5.91 Å². The lowest BCUT2D eigenvalue weighted by atomic mass is 10.1. The molecule has 3 rings (SSSR count). The second kappa shape index (κ2) is 6.37. The molecule has 0 unspecified atom stereocenters. The number of hydrogen-bond donors (Lipinski definition) is 1. The highest BCUT2D eigenvalue weighted by molar-refractivity contribution is 5.99. The average molecular weight is 321 g/mol. The topological polar surface area (TPSA) is 94.7 Å². The first kappa shape index (κ1) is 15.5. The number of carboxylic acid groups (broad SMARTS) is 1. The second-order valence-corrected chi connectivity index (χ2v) is 5.16. The zero-order valence-corrected chi connectivity index (χ0v) is 12.8. The molecule has 0 spiro atoms. The van der Waals surface area contributed by atoms with Crippen molar-refractivity contribution in [3.8, 4) is 0 Å². The molecular formula is C18H13N2O4-. The Morgan fingerprint density at radius 3 is 2.50 bits per heavy atom. The number of furan rings is 1. The summed E-state index contributed by atoms with van der Waals surface area (Å²) in [6.45, 7) is 1.81. The molecule has 1 heterocycles. The minimum Gasteiger partial charge on any atom is -0.545 e. The van der Waals surface area contributed by atoms with Gasteiger partial charge in [-0.2, -0.15) is 5.10 Å². The molecule has 0 aliphatic carbocycles. The van der Waals surface area contributed by atoms with Gasteiger partial charge in [-0.05, 0) is 24.1 Å². The lowest BCUT2D eigenvalue weighted by molar-refractivity contribution is -0.255. The second-order valence-electron chi connectivity index (χ2n) is 5.16. The average Bonchev–Trinajstić information content (AvgIpc) is 2.93. The number of carbonyl (C=O) groups is 2. The van der Waals surface area contributed by atoms with Crippen LogP contribution in [0.5, 0.6) is 0 Å². The lowest BCUT2D eigenvalue weighted by Crippen LogP contribution is -2.22. The molecule has 0 radical (unpaired) electrons. The van der Waals surface area contributed by atoms with Crippen LogP contribution in [0.25, 0.3) is 11.0 Å². The van der Waals surface area contributed by atoms with Crippen LogP contribution < -0.4 is 10.5 Å². The van der Waals surface area contributed by atoms with E-state index in [0.717, 1.165) is 10.9 Å². The van der Waals surface area contributed by atoms with Crippen LogP contribution in [-0.2, 0) is 0 Å². The Labute approximate surface area is 137 Å². The molecule has 24 heavy (non-hydrogen) atoms. The highest BCUT2D eigenvalue weighted by Crippen LogP contribution is 2.24. The number of aryl methyl sites for hydroxylation is 1. The maximum atomic E-state index is 12.2. The zero-order chi connectivity index (χ0) is 17.1. The van der Waals surface area contributed by atoms with Crippen LogP contribution in [0.2, 0.25) is 0 Å². The van der Waals surface area contributed by atoms with Gasteiger partial charge in [-0.25, -0.2) is 5.43 Å². The number of benzene rings is 2. The molecule has 1 N–H and O–H groups in total. The summed E-state index contributed by atoms with van der Waals surface area (Å²) in [6.07, 6.45) is 1.41. The quantitative estimate of drug-likeness (QED) is 0.586. The van der Waals surface area contributed by atoms with Crippen molar-refractivity contribution in [2.24, 2.45) is 5.10 Å². The van der Waals surface area contributed by atoms with Crippen LogP contribution in [0, 0.1) is 6.92 Å². The number of nitrogens with one attached hydrogen (secondary N) is 1. The molecule has 0 fully saturated rings. The minimum absolute atomic E-state index is 0.0779. The Morgan fingerprint density at radius 1 is 1.12 bits per heavy atom. The number of aromatic carboxylic acids is 1. The normalized spacial score (nSPS) is 11.0. The SMILES string of the molecule is Cc1c(C(=O)N/N=C\c2ccc(C(=O)[O-])cc2)oc2ccccc12. The lowest BCUT2D eigenvalue weighted by Gasteiger charge is -2.01. The summed E-state index contributed by atoms with van der Waals surface area (Å²) in [7, 11) is 0. The highest BCUT2D eigenvalue weighted by Gasteiger charge is 2.16. The van der Waals surface area contributed by atoms with E-state index < -0.39 is 11.9 Å². The smallest absolute Gasteiger partial charge is 0.307 e. The van der Waals surface area contributed by atoms with Crippen LogP contribution >= 0.6 is 0 Å². The van der Waals surface area contributed by atoms with E-state index in [1.807, 2.05) is 25.1 Å². The van der Waals surface area contributed by atoms with Crippen molar-refractivity contribution in [3.05, 3.63) is 71.0 Å². The van der Waals surface area contributed by atoms with Gasteiger partial charge in [0.2, 0.25) is 0 Å². The van der Waals surface area contributed by atoms with Gasteiger partial charge in [0.05, 0.1) is 12.2 Å². The third-order valence-electron chi connectivity index (χ3n) is 3.58. The van der Waals surface area contributed by atoms with Crippen molar-refractivity contribution in [2.45, 2.75) is 6.92 Å². The van der Waals surface area contributed by atoms with Gasteiger partial charge in [-0.15, -0.1) is 0 Å². The van der Waals surface area contributed by atoms with E-state index in [9.17, 15) is 14.7 Å². The van der Waals surface area contributed by atoms with Gasteiger partial charge < -0.3 is 14.3 Å². The van der Waals surface area contributed by atoms with Crippen LogP contribution in [0.1, 0.15) is 32.0 Å². The predicted octanol–water partition coefficient (Wildman–Crippen LogP) is 1.87. The largest absolute Gasteiger partial charge is 0.545 e. The molecule has 3 aromatic rings. The van der Waals surface area contributed by atoms with Crippen molar-refractivity contribution in [3.63, 3.8) is 0 Å². The number of amides is 1. The number of nitrogens with zero attached hydrogens (tertiary/aromatic N) is 1. The number of hydrazone groups is 1. The molecular weight excluding hydrogens is 308 g/mol. The summed E-state index contributed by atoms with van der Waals surface area (Å²) in [6, 6.07) is 13.3. The van der Waals surface area contributed by atoms with Gasteiger partial charge in [-0.3, -0.25) is 4.79 Å². The molecule has 1 aromatic heterocycles. The monoisotopic (exact) mass is 321 g/mol. The van der Waals surface area contributed by atoms with Gasteiger partial charge in [0.25, 0.3) is 0 Å². The molecule has 0 aliphatic rings. The van der Waals surface area contributed by atoms with Crippen molar-refractivity contribution in [1.82, 2.24) is 5.43 Å². The molecule has 6 nitrogen and oxygen atoms in total. The molecule has 0 saturated carbocycles. The van der Waals surface area contributed by atoms with E-state index in [1.165, 1.54) is 18.3 Å². The maximum Gasteiger partial charge on any atom is 0.307 e. The number of fused-ring (bicyclic) bond motifs is 1. The molecule has 0 saturated heterocycles. The van der Waals surface area contributed by atoms with Crippen LogP contribution in [0.3, 0.4) is 0 Å². The third kappa shape index (κ3) is 3.03. The van der Waals surface area contributed by atoms with E-state index in [4.69, 9.17) is 4.42 Å². The van der Waals surface area contributed by atoms with Gasteiger partial charge in [0.1, 0.15) is 5.58 Å². The molecule has 0 aliphatic heterocycles. The van der Waals surface area contributed by atoms with Crippen molar-refractivity contribution in [2.75, 3.05) is 0 Å². The van der Waals surface area contributed by atoms with Crippen LogP contribution in [-0.4, -0.2) is 18.1 Å². The Kier molecular flexibility index (Phi) is 4.11. The summed E-state index contributed by atoms with van der Waals surface area (Å²) in [5, 5.41) is 15.4. The molecule has 1 amide bonds. The Balaban J connectivity index is 1.72. The summed E-state index contributed by atoms with van der Waals surface area (Å²) in [4.78, 5) is 22.8. The van der Waals surface area contributed by atoms with Crippen molar-refractivity contribution < 1.29 is 19.1 Å². The van der Waals surface area contributed by atoms with Crippen molar-refractivity contribution in [1.29, 1.82) is 0 Å². The Morgan fingerprint density at radius 2 is 1.83 bits per heavy atom. The molecule has 2 aromatic carbocycles. The number of carboxylic acids is 1. The van der Waals surface area contributed by atoms with Gasteiger partial charge in [-0.1, -0.05) is 42.5 Å². The first-order chi connectivity index (χ1) is 11.6. The van der Waals surface area contributed by atoms with E-state index >= 15 is 0 Å². The number of carbonyl (C=O) groups excluding carboxylic acids is 2. The summed E-state index contributed by atoms with van der Waals surface area (Å²) in [5.41, 5.74) is 4.50. The maximum absolute atomic E-state index is 12.2. The Bertz CT molecular complexity index is 939. The fraction of sp³-hybridized carbons (Fsp3) is 0.0556. The van der Waals surface area contributed by atoms with E-state index in [-0.39, 0.29) is 11.3 Å². The third-order valence-corrected chi connectivity index (χ3v) is 3.58. The minimum atomic E-state index is -1.24. The summed E-state index contributed by atoms with van der Waals surface area (Å²) in [5.74, 6) is -1.49. The zero-order valence-electron chi connectivity index (χ0n) is 12.8. The molecule has 0 bridgehead atoms. The standard InChI is InChI=1S/C18H14N2O4/c1-11-14-4-2-3-5-15(14)24-16(11)17(21)20-19-10-12-6-8-13(9-7-12)18(22)23/h2-10H,1H3,(H,20,21)(H,22,23)/p-1/b19-10-. The number of hydrogen-bond acceptors (Lipinski definition) is 5. The summed E-state index contributed by atoms with van der Waals surface area (Å²) < 4.78 is 5.55. The summed E-state index contributed by atoms with van der Waals surface area (Å²) >= 11 is 0. The number of rotatable bonds is 4. The Hall–Kier alpha value is -3.41. The number of para-hydroxylation sites is 1. The van der Waals surface area contributed by atoms with Crippen molar-refractivity contribution >= 4 is 29.1 Å². The molecule has 6 heteroatoms. The molecule has 120 valence electrons.